The van der Waals surface area contributed by atoms with Gasteiger partial charge >= 0.3 is 0 Å². The summed E-state index contributed by atoms with van der Waals surface area (Å²) >= 11 is 0. The average molecular weight is 200 g/mol. The van der Waals surface area contributed by atoms with Gasteiger partial charge in [0.05, 0.1) is 0 Å². The molecule has 0 unspecified atom stereocenters. The van der Waals surface area contributed by atoms with Crippen molar-refractivity contribution in [3.05, 3.63) is 0 Å². The highest BCUT2D eigenvalue weighted by atomic mass is 15.1. The molecule has 0 atom stereocenters. The fraction of sp³-hybridized carbons (Fsp3) is 1.00. The highest BCUT2D eigenvalue weighted by molar-refractivity contribution is 4.63. The Labute approximate surface area is 90.3 Å². The summed E-state index contributed by atoms with van der Waals surface area (Å²) in [7, 11) is 6.47. The summed E-state index contributed by atoms with van der Waals surface area (Å²) < 4.78 is 0. The van der Waals surface area contributed by atoms with E-state index in [-0.39, 0.29) is 0 Å². The van der Waals surface area contributed by atoms with Crippen molar-refractivity contribution in [2.75, 3.05) is 40.8 Å². The molecule has 0 fully saturated rings. The van der Waals surface area contributed by atoms with Gasteiger partial charge in [-0.1, -0.05) is 20.8 Å². The van der Waals surface area contributed by atoms with E-state index in [1.807, 2.05) is 0 Å². The molecule has 2 heteroatoms. The SMILES string of the molecule is CN(C)CCN(C)CCCC(C)(C)C. The van der Waals surface area contributed by atoms with Gasteiger partial charge in [-0.3, -0.25) is 0 Å². The van der Waals surface area contributed by atoms with Gasteiger partial charge in [0.25, 0.3) is 0 Å². The van der Waals surface area contributed by atoms with Crippen molar-refractivity contribution in [3.8, 4) is 0 Å². The van der Waals surface area contributed by atoms with Gasteiger partial charge in [-0.25, -0.2) is 0 Å². The fourth-order valence-corrected chi connectivity index (χ4v) is 1.36. The van der Waals surface area contributed by atoms with Crippen LogP contribution in [0.5, 0.6) is 0 Å². The Bertz CT molecular complexity index is 136. The van der Waals surface area contributed by atoms with Crippen LogP contribution in [-0.2, 0) is 0 Å². The minimum atomic E-state index is 0.488. The van der Waals surface area contributed by atoms with Crippen LogP contribution in [0.3, 0.4) is 0 Å². The Morgan fingerprint density at radius 3 is 1.86 bits per heavy atom. The quantitative estimate of drug-likeness (QED) is 0.649. The molecule has 0 aliphatic heterocycles. The molecule has 86 valence electrons. The third-order valence-corrected chi connectivity index (χ3v) is 2.40. The van der Waals surface area contributed by atoms with Crippen LogP contribution in [0.4, 0.5) is 0 Å². The van der Waals surface area contributed by atoms with Crippen LogP contribution in [0.15, 0.2) is 0 Å². The second-order valence-corrected chi connectivity index (χ2v) is 5.77. The van der Waals surface area contributed by atoms with Crippen molar-refractivity contribution in [3.63, 3.8) is 0 Å². The monoisotopic (exact) mass is 200 g/mol. The number of hydrogen-bond donors (Lipinski definition) is 0. The third kappa shape index (κ3) is 10.0. The van der Waals surface area contributed by atoms with Gasteiger partial charge in [0.2, 0.25) is 0 Å². The molecule has 0 aromatic heterocycles. The van der Waals surface area contributed by atoms with E-state index in [4.69, 9.17) is 0 Å². The molecule has 0 saturated heterocycles. The van der Waals surface area contributed by atoms with E-state index in [0.717, 1.165) is 6.54 Å². The molecular weight excluding hydrogens is 172 g/mol. The molecule has 2 nitrogen and oxygen atoms in total. The fourth-order valence-electron chi connectivity index (χ4n) is 1.36. The lowest BCUT2D eigenvalue weighted by Gasteiger charge is -2.22. The Morgan fingerprint density at radius 2 is 1.43 bits per heavy atom. The highest BCUT2D eigenvalue weighted by Gasteiger charge is 2.09. The summed E-state index contributed by atoms with van der Waals surface area (Å²) in [4.78, 5) is 4.66. The molecule has 0 bridgehead atoms. The lowest BCUT2D eigenvalue weighted by atomic mass is 9.90. The molecule has 0 saturated carbocycles. The first kappa shape index (κ1) is 13.9. The van der Waals surface area contributed by atoms with Gasteiger partial charge in [0.15, 0.2) is 0 Å². The molecule has 0 aliphatic rings. The van der Waals surface area contributed by atoms with Crippen LogP contribution >= 0.6 is 0 Å². The minimum Gasteiger partial charge on any atom is -0.308 e. The van der Waals surface area contributed by atoms with Crippen molar-refractivity contribution >= 4 is 0 Å². The van der Waals surface area contributed by atoms with E-state index >= 15 is 0 Å². The van der Waals surface area contributed by atoms with Crippen LogP contribution in [0.1, 0.15) is 33.6 Å². The molecule has 14 heavy (non-hydrogen) atoms. The zero-order chi connectivity index (χ0) is 11.2. The van der Waals surface area contributed by atoms with Crippen LogP contribution < -0.4 is 0 Å². The molecular formula is C12H28N2. The molecule has 0 spiro atoms. The molecule has 0 rings (SSSR count). The van der Waals surface area contributed by atoms with E-state index in [0.29, 0.717) is 5.41 Å². The maximum absolute atomic E-state index is 2.42. The van der Waals surface area contributed by atoms with Crippen LogP contribution in [0.25, 0.3) is 0 Å². The summed E-state index contributed by atoms with van der Waals surface area (Å²) in [5, 5.41) is 0. The Kier molecular flexibility index (Phi) is 6.38. The third-order valence-electron chi connectivity index (χ3n) is 2.40. The lowest BCUT2D eigenvalue weighted by Crippen LogP contribution is -2.29. The van der Waals surface area contributed by atoms with E-state index in [1.165, 1.54) is 25.9 Å². The molecule has 0 radical (unpaired) electrons. The predicted octanol–water partition coefficient (Wildman–Crippen LogP) is 2.31. The van der Waals surface area contributed by atoms with Crippen LogP contribution in [0, 0.1) is 5.41 Å². The van der Waals surface area contributed by atoms with Gasteiger partial charge in [-0.2, -0.15) is 0 Å². The van der Waals surface area contributed by atoms with Gasteiger partial charge in [0.1, 0.15) is 0 Å². The van der Waals surface area contributed by atoms with Gasteiger partial charge in [0, 0.05) is 13.1 Å². The van der Waals surface area contributed by atoms with Crippen LogP contribution in [0.2, 0.25) is 0 Å². The number of hydrogen-bond acceptors (Lipinski definition) is 2. The largest absolute Gasteiger partial charge is 0.308 e. The molecule has 0 heterocycles. The molecule has 0 N–H and O–H groups in total. The molecule has 0 aromatic carbocycles. The van der Waals surface area contributed by atoms with E-state index < -0.39 is 0 Å². The second-order valence-electron chi connectivity index (χ2n) is 5.77. The topological polar surface area (TPSA) is 6.48 Å². The Hall–Kier alpha value is -0.0800. The van der Waals surface area contributed by atoms with E-state index in [2.05, 4.69) is 51.7 Å². The van der Waals surface area contributed by atoms with Crippen molar-refractivity contribution in [2.45, 2.75) is 33.6 Å². The molecule has 0 aromatic rings. The Morgan fingerprint density at radius 1 is 0.857 bits per heavy atom. The summed E-state index contributed by atoms with van der Waals surface area (Å²) in [6.07, 6.45) is 2.63. The highest BCUT2D eigenvalue weighted by Crippen LogP contribution is 2.20. The Balaban J connectivity index is 3.40. The summed E-state index contributed by atoms with van der Waals surface area (Å²) in [5.41, 5.74) is 0.488. The van der Waals surface area contributed by atoms with Crippen molar-refractivity contribution in [2.24, 2.45) is 5.41 Å². The smallest absolute Gasteiger partial charge is 0.0106 e. The zero-order valence-corrected chi connectivity index (χ0v) is 10.9. The zero-order valence-electron chi connectivity index (χ0n) is 10.9. The summed E-state index contributed by atoms with van der Waals surface area (Å²) in [5.74, 6) is 0. The standard InChI is InChI=1S/C12H28N2/c1-12(2,3)8-7-9-14(6)11-10-13(4)5/h7-11H2,1-6H3. The van der Waals surface area contributed by atoms with Gasteiger partial charge < -0.3 is 9.80 Å². The second kappa shape index (κ2) is 6.41. The van der Waals surface area contributed by atoms with Crippen molar-refractivity contribution in [1.29, 1.82) is 0 Å². The predicted molar refractivity (Wildman–Crippen MR) is 64.7 cm³/mol. The van der Waals surface area contributed by atoms with E-state index in [1.54, 1.807) is 0 Å². The summed E-state index contributed by atoms with van der Waals surface area (Å²) in [6, 6.07) is 0. The number of nitrogens with zero attached hydrogens (tertiary/aromatic N) is 2. The van der Waals surface area contributed by atoms with Gasteiger partial charge in [-0.05, 0) is 45.9 Å². The minimum absolute atomic E-state index is 0.488. The number of likely N-dealkylation sites (N-methyl/N-ethyl adjacent to an activating group) is 2. The van der Waals surface area contributed by atoms with Crippen molar-refractivity contribution in [1.82, 2.24) is 9.80 Å². The van der Waals surface area contributed by atoms with Crippen molar-refractivity contribution < 1.29 is 0 Å². The first-order valence-corrected chi connectivity index (χ1v) is 5.64. The lowest BCUT2D eigenvalue weighted by molar-refractivity contribution is 0.259. The average Bonchev–Trinajstić information content (AvgIpc) is 1.98. The summed E-state index contributed by atoms with van der Waals surface area (Å²) in [6.45, 7) is 10.5. The number of rotatable bonds is 6. The maximum Gasteiger partial charge on any atom is 0.0106 e. The maximum atomic E-state index is 2.42. The van der Waals surface area contributed by atoms with Crippen LogP contribution in [-0.4, -0.2) is 50.6 Å². The van der Waals surface area contributed by atoms with Gasteiger partial charge in [-0.15, -0.1) is 0 Å². The van der Waals surface area contributed by atoms with E-state index in [9.17, 15) is 0 Å². The molecule has 0 aliphatic carbocycles. The first-order valence-electron chi connectivity index (χ1n) is 5.64. The normalized spacial score (nSPS) is 12.9. The molecule has 0 amide bonds. The first-order chi connectivity index (χ1) is 6.31.